The van der Waals surface area contributed by atoms with Gasteiger partial charge in [-0.15, -0.1) is 0 Å². The van der Waals surface area contributed by atoms with Crippen molar-refractivity contribution in [3.63, 3.8) is 0 Å². The van der Waals surface area contributed by atoms with Crippen molar-refractivity contribution >= 4 is 25.1 Å². The summed E-state index contributed by atoms with van der Waals surface area (Å²) < 4.78 is 35.7. The molecule has 1 aliphatic heterocycles. The van der Waals surface area contributed by atoms with Gasteiger partial charge in [-0.3, -0.25) is 8.97 Å². The molecule has 11 nitrogen and oxygen atoms in total. The van der Waals surface area contributed by atoms with Gasteiger partial charge >= 0.3 is 0 Å². The Kier molecular flexibility index (Phi) is 9.23. The van der Waals surface area contributed by atoms with E-state index in [9.17, 15) is 5.11 Å². The number of nitrogens with zero attached hydrogens (tertiary/aromatic N) is 5. The molecule has 3 aromatic heterocycles. The van der Waals surface area contributed by atoms with Crippen molar-refractivity contribution in [1.29, 1.82) is 0 Å². The lowest BCUT2D eigenvalue weighted by Gasteiger charge is -2.41. The molecule has 0 spiro atoms. The zero-order valence-electron chi connectivity index (χ0n) is 30.1. The SMILES string of the molecule is COc1ccc(C(OC[C@H]2O[C@@H](n3cnc4c3ncn3ccnc43)[C@H](O)[C@@H]2O[Si](C)(C)C(C)(C)C)(c2ccccc2)c2ccc(OC)cc2)cc1. The average molecular weight is 708 g/mol. The first-order chi connectivity index (χ1) is 24.5. The number of hydrogen-bond acceptors (Lipinski definition) is 9. The fourth-order valence-corrected chi connectivity index (χ4v) is 7.89. The Morgan fingerprint density at radius 1 is 0.784 bits per heavy atom. The van der Waals surface area contributed by atoms with Crippen LogP contribution in [0.15, 0.2) is 104 Å². The first kappa shape index (κ1) is 34.8. The van der Waals surface area contributed by atoms with Crippen LogP contribution in [0, 0.1) is 0 Å². The number of hydrogen-bond donors (Lipinski definition) is 1. The summed E-state index contributed by atoms with van der Waals surface area (Å²) in [6, 6.07) is 25.9. The lowest BCUT2D eigenvalue weighted by Crippen LogP contribution is -2.50. The van der Waals surface area contributed by atoms with Gasteiger partial charge in [-0.2, -0.15) is 0 Å². The Morgan fingerprint density at radius 3 is 1.98 bits per heavy atom. The van der Waals surface area contributed by atoms with E-state index in [0.717, 1.165) is 28.2 Å². The third-order valence-electron chi connectivity index (χ3n) is 10.4. The van der Waals surface area contributed by atoms with Gasteiger partial charge in [0.05, 0.1) is 27.2 Å². The number of fused-ring (bicyclic) bond motifs is 3. The quantitative estimate of drug-likeness (QED) is 0.115. The molecule has 6 aromatic rings. The van der Waals surface area contributed by atoms with Gasteiger partial charge in [0.25, 0.3) is 0 Å². The summed E-state index contributed by atoms with van der Waals surface area (Å²) in [4.78, 5) is 13.8. The number of aliphatic hydroxyl groups excluding tert-OH is 1. The largest absolute Gasteiger partial charge is 0.497 e. The van der Waals surface area contributed by atoms with Gasteiger partial charge in [0.1, 0.15) is 41.7 Å². The van der Waals surface area contributed by atoms with E-state index in [1.54, 1.807) is 37.6 Å². The van der Waals surface area contributed by atoms with E-state index in [1.807, 2.05) is 77.3 Å². The fraction of sp³-hybridized carbons (Fsp3) is 0.359. The topological polar surface area (TPSA) is 114 Å². The highest BCUT2D eigenvalue weighted by Crippen LogP contribution is 2.45. The molecule has 4 atom stereocenters. The number of ether oxygens (including phenoxy) is 4. The number of imidazole rings is 2. The zero-order valence-corrected chi connectivity index (χ0v) is 31.1. The minimum Gasteiger partial charge on any atom is -0.497 e. The number of benzene rings is 3. The second-order valence-corrected chi connectivity index (χ2v) is 19.2. The molecule has 0 saturated carbocycles. The van der Waals surface area contributed by atoms with E-state index in [-0.39, 0.29) is 11.6 Å². The Morgan fingerprint density at radius 2 is 1.39 bits per heavy atom. The lowest BCUT2D eigenvalue weighted by atomic mass is 9.80. The molecule has 0 unspecified atom stereocenters. The Bertz CT molecular complexity index is 2050. The minimum absolute atomic E-state index is 0.0877. The van der Waals surface area contributed by atoms with E-state index < -0.39 is 38.5 Å². The molecule has 0 radical (unpaired) electrons. The smallest absolute Gasteiger partial charge is 0.192 e. The average Bonchev–Trinajstić information content (AvgIpc) is 3.86. The van der Waals surface area contributed by atoms with Gasteiger partial charge in [0.2, 0.25) is 0 Å². The van der Waals surface area contributed by atoms with Crippen LogP contribution in [0.25, 0.3) is 16.8 Å². The summed E-state index contributed by atoms with van der Waals surface area (Å²) in [6.07, 6.45) is 3.62. The first-order valence-electron chi connectivity index (χ1n) is 17.1. The molecule has 1 aliphatic rings. The van der Waals surface area contributed by atoms with Crippen LogP contribution in [0.2, 0.25) is 18.1 Å². The zero-order chi connectivity index (χ0) is 36.0. The molecular formula is C39H45N5O6Si. The molecule has 266 valence electrons. The predicted molar refractivity (Wildman–Crippen MR) is 197 cm³/mol. The van der Waals surface area contributed by atoms with Crippen molar-refractivity contribution in [2.75, 3.05) is 20.8 Å². The van der Waals surface area contributed by atoms with Crippen LogP contribution in [-0.4, -0.2) is 76.5 Å². The maximum absolute atomic E-state index is 12.1. The van der Waals surface area contributed by atoms with Crippen LogP contribution < -0.4 is 9.47 Å². The van der Waals surface area contributed by atoms with Crippen molar-refractivity contribution in [3.05, 3.63) is 121 Å². The molecule has 1 N–H and O–H groups in total. The van der Waals surface area contributed by atoms with E-state index >= 15 is 0 Å². The Labute approximate surface area is 298 Å². The summed E-state index contributed by atoms with van der Waals surface area (Å²) in [5.41, 5.74) is 3.47. The van der Waals surface area contributed by atoms with Gasteiger partial charge in [-0.05, 0) is 59.1 Å². The molecular weight excluding hydrogens is 663 g/mol. The molecule has 1 saturated heterocycles. The standard InChI is InChI=1S/C39H45N5O6Si/c1-38(2,3)51(6,7)50-34-31(49-37(33(34)45)44-25-41-32-35-40-21-22-43(35)24-42-36(32)44)23-48-39(26-11-9-8-10-12-26,27-13-17-29(46-4)18-14-27)28-15-19-30(47-5)20-16-28/h8-22,24-25,31,33-34,37,45H,23H2,1-7H3/t31-,33-,34-,37-/m1/s1. The Balaban J connectivity index is 1.32. The monoisotopic (exact) mass is 707 g/mol. The van der Waals surface area contributed by atoms with E-state index in [4.69, 9.17) is 23.4 Å². The van der Waals surface area contributed by atoms with E-state index in [1.165, 1.54) is 0 Å². The van der Waals surface area contributed by atoms with Crippen LogP contribution in [-0.2, 0) is 19.5 Å². The summed E-state index contributed by atoms with van der Waals surface area (Å²) in [7, 11) is 0.888. The second kappa shape index (κ2) is 13.5. The molecule has 3 aromatic carbocycles. The van der Waals surface area contributed by atoms with Crippen LogP contribution in [0.5, 0.6) is 11.5 Å². The highest BCUT2D eigenvalue weighted by atomic mass is 28.4. The lowest BCUT2D eigenvalue weighted by molar-refractivity contribution is -0.0930. The highest BCUT2D eigenvalue weighted by Gasteiger charge is 2.52. The molecule has 51 heavy (non-hydrogen) atoms. The van der Waals surface area contributed by atoms with Gasteiger partial charge in [0.15, 0.2) is 31.4 Å². The molecule has 0 amide bonds. The third kappa shape index (κ3) is 6.21. The second-order valence-electron chi connectivity index (χ2n) is 14.4. The number of aromatic nitrogens is 5. The van der Waals surface area contributed by atoms with Crippen molar-refractivity contribution in [3.8, 4) is 11.5 Å². The van der Waals surface area contributed by atoms with E-state index in [2.05, 4.69) is 60.9 Å². The summed E-state index contributed by atoms with van der Waals surface area (Å²) >= 11 is 0. The van der Waals surface area contributed by atoms with Crippen molar-refractivity contribution in [2.45, 2.75) is 69.0 Å². The van der Waals surface area contributed by atoms with Crippen molar-refractivity contribution < 1.29 is 28.5 Å². The van der Waals surface area contributed by atoms with Crippen LogP contribution in [0.4, 0.5) is 0 Å². The van der Waals surface area contributed by atoms with Gasteiger partial charge in [0, 0.05) is 12.4 Å². The predicted octanol–water partition coefficient (Wildman–Crippen LogP) is 6.75. The van der Waals surface area contributed by atoms with E-state index in [0.29, 0.717) is 16.8 Å². The van der Waals surface area contributed by atoms with Crippen LogP contribution in [0.3, 0.4) is 0 Å². The third-order valence-corrected chi connectivity index (χ3v) is 14.9. The highest BCUT2D eigenvalue weighted by molar-refractivity contribution is 6.74. The van der Waals surface area contributed by atoms with Gasteiger partial charge < -0.3 is 28.5 Å². The maximum Gasteiger partial charge on any atom is 0.192 e. The summed E-state index contributed by atoms with van der Waals surface area (Å²) in [5.74, 6) is 1.47. The van der Waals surface area contributed by atoms with Gasteiger partial charge in [-0.25, -0.2) is 15.0 Å². The van der Waals surface area contributed by atoms with Gasteiger partial charge in [-0.1, -0.05) is 75.4 Å². The molecule has 1 fully saturated rings. The molecule has 0 aliphatic carbocycles. The van der Waals surface area contributed by atoms with Crippen LogP contribution >= 0.6 is 0 Å². The number of aliphatic hydroxyl groups is 1. The summed E-state index contributed by atoms with van der Waals surface area (Å²) in [6.45, 7) is 11.0. The van der Waals surface area contributed by atoms with Crippen molar-refractivity contribution in [1.82, 2.24) is 23.9 Å². The molecule has 12 heteroatoms. The fourth-order valence-electron chi connectivity index (χ4n) is 6.56. The Hall–Kier alpha value is -4.59. The molecule has 7 rings (SSSR count). The van der Waals surface area contributed by atoms with Crippen LogP contribution in [0.1, 0.15) is 43.7 Å². The number of rotatable bonds is 11. The minimum atomic E-state index is -2.41. The van der Waals surface area contributed by atoms with Crippen molar-refractivity contribution in [2.24, 2.45) is 0 Å². The molecule has 0 bridgehead atoms. The summed E-state index contributed by atoms with van der Waals surface area (Å²) in [5, 5.41) is 12.0. The first-order valence-corrected chi connectivity index (χ1v) is 20.0. The normalized spacial score (nSPS) is 19.9. The number of methoxy groups -OCH3 is 2. The maximum atomic E-state index is 12.1. The molecule has 4 heterocycles.